The normalized spacial score (nSPS) is 10.9. The van der Waals surface area contributed by atoms with Gasteiger partial charge in [-0.05, 0) is 46.7 Å². The molecule has 2 heteroatoms. The number of hydrogen-bond acceptors (Lipinski definition) is 2. The zero-order valence-corrected chi connectivity index (χ0v) is 15.6. The molecule has 26 heavy (non-hydrogen) atoms. The highest BCUT2D eigenvalue weighted by molar-refractivity contribution is 5.71. The summed E-state index contributed by atoms with van der Waals surface area (Å²) in [5.41, 5.74) is 11.7. The average molecular weight is 345 g/mol. The summed E-state index contributed by atoms with van der Waals surface area (Å²) in [4.78, 5) is 0. The fraction of sp³-hybridized carbons (Fsp3) is 0.250. The molecule has 3 aromatic rings. The van der Waals surface area contributed by atoms with Crippen LogP contribution in [-0.2, 0) is 19.6 Å². The predicted molar refractivity (Wildman–Crippen MR) is 109 cm³/mol. The second-order valence-corrected chi connectivity index (χ2v) is 7.10. The first kappa shape index (κ1) is 18.2. The van der Waals surface area contributed by atoms with Crippen molar-refractivity contribution in [1.82, 2.24) is 0 Å². The summed E-state index contributed by atoms with van der Waals surface area (Å²) in [6.45, 7) is 5.57. The van der Waals surface area contributed by atoms with Gasteiger partial charge >= 0.3 is 0 Å². The summed E-state index contributed by atoms with van der Waals surface area (Å²) >= 11 is 0. The molecule has 0 saturated carbocycles. The van der Waals surface area contributed by atoms with E-state index in [0.717, 1.165) is 34.4 Å². The van der Waals surface area contributed by atoms with E-state index < -0.39 is 0 Å². The maximum Gasteiger partial charge on any atom is 0.127 e. The SMILES string of the molecule is CC(C)Cc1ccc(-c2cc(CN)ccc2OCc2ccccc2)cc1. The molecule has 0 fully saturated rings. The lowest BCUT2D eigenvalue weighted by Crippen LogP contribution is -2.00. The van der Waals surface area contributed by atoms with Gasteiger partial charge in [0.1, 0.15) is 12.4 Å². The highest BCUT2D eigenvalue weighted by Crippen LogP contribution is 2.32. The lowest BCUT2D eigenvalue weighted by atomic mass is 9.97. The Kier molecular flexibility index (Phi) is 6.08. The molecular formula is C24H27NO. The highest BCUT2D eigenvalue weighted by atomic mass is 16.5. The highest BCUT2D eigenvalue weighted by Gasteiger charge is 2.09. The van der Waals surface area contributed by atoms with Crippen molar-refractivity contribution in [2.24, 2.45) is 11.7 Å². The molecule has 0 atom stereocenters. The topological polar surface area (TPSA) is 35.2 Å². The van der Waals surface area contributed by atoms with Crippen molar-refractivity contribution in [3.05, 3.63) is 89.5 Å². The third-order valence-electron chi connectivity index (χ3n) is 4.43. The lowest BCUT2D eigenvalue weighted by Gasteiger charge is -2.14. The van der Waals surface area contributed by atoms with Crippen LogP contribution >= 0.6 is 0 Å². The van der Waals surface area contributed by atoms with Crippen LogP contribution in [0.2, 0.25) is 0 Å². The van der Waals surface area contributed by atoms with Gasteiger partial charge in [-0.1, -0.05) is 74.5 Å². The summed E-state index contributed by atoms with van der Waals surface area (Å²) in [7, 11) is 0. The zero-order valence-electron chi connectivity index (χ0n) is 15.6. The van der Waals surface area contributed by atoms with Crippen LogP contribution < -0.4 is 10.5 Å². The molecule has 0 spiro atoms. The minimum absolute atomic E-state index is 0.525. The van der Waals surface area contributed by atoms with E-state index in [-0.39, 0.29) is 0 Å². The largest absolute Gasteiger partial charge is 0.488 e. The van der Waals surface area contributed by atoms with Gasteiger partial charge in [0.25, 0.3) is 0 Å². The molecule has 0 bridgehead atoms. The molecule has 0 aliphatic rings. The summed E-state index contributed by atoms with van der Waals surface area (Å²) < 4.78 is 6.13. The Labute approximate surface area is 156 Å². The van der Waals surface area contributed by atoms with Gasteiger partial charge < -0.3 is 10.5 Å². The van der Waals surface area contributed by atoms with E-state index >= 15 is 0 Å². The Morgan fingerprint density at radius 3 is 2.15 bits per heavy atom. The van der Waals surface area contributed by atoms with Crippen molar-refractivity contribution in [1.29, 1.82) is 0 Å². The molecule has 0 aliphatic heterocycles. The fourth-order valence-electron chi connectivity index (χ4n) is 3.08. The Hall–Kier alpha value is -2.58. The molecule has 134 valence electrons. The van der Waals surface area contributed by atoms with E-state index in [1.807, 2.05) is 30.3 Å². The van der Waals surface area contributed by atoms with Gasteiger partial charge in [-0.25, -0.2) is 0 Å². The van der Waals surface area contributed by atoms with Crippen LogP contribution in [0.5, 0.6) is 5.75 Å². The third-order valence-corrected chi connectivity index (χ3v) is 4.43. The molecule has 0 aliphatic carbocycles. The molecule has 3 rings (SSSR count). The van der Waals surface area contributed by atoms with Gasteiger partial charge in [-0.15, -0.1) is 0 Å². The quantitative estimate of drug-likeness (QED) is 0.606. The van der Waals surface area contributed by atoms with Crippen LogP contribution in [-0.4, -0.2) is 0 Å². The third kappa shape index (κ3) is 4.74. The lowest BCUT2D eigenvalue weighted by molar-refractivity contribution is 0.307. The van der Waals surface area contributed by atoms with E-state index in [0.29, 0.717) is 19.1 Å². The first-order valence-corrected chi connectivity index (χ1v) is 9.24. The van der Waals surface area contributed by atoms with Gasteiger partial charge in [0, 0.05) is 12.1 Å². The molecule has 0 heterocycles. The van der Waals surface area contributed by atoms with E-state index in [1.165, 1.54) is 5.56 Å². The number of nitrogens with two attached hydrogens (primary N) is 1. The Bertz CT molecular complexity index is 823. The number of ether oxygens (including phenoxy) is 1. The van der Waals surface area contributed by atoms with Gasteiger partial charge in [-0.3, -0.25) is 0 Å². The van der Waals surface area contributed by atoms with Crippen LogP contribution in [0.3, 0.4) is 0 Å². The number of benzene rings is 3. The van der Waals surface area contributed by atoms with Crippen molar-refractivity contribution in [3.63, 3.8) is 0 Å². The van der Waals surface area contributed by atoms with Crippen molar-refractivity contribution < 1.29 is 4.74 Å². The molecular weight excluding hydrogens is 318 g/mol. The molecule has 0 unspecified atom stereocenters. The maximum atomic E-state index is 6.13. The molecule has 2 N–H and O–H groups in total. The molecule has 0 aromatic heterocycles. The van der Waals surface area contributed by atoms with Crippen LogP contribution in [0.4, 0.5) is 0 Å². The van der Waals surface area contributed by atoms with E-state index in [4.69, 9.17) is 10.5 Å². The second-order valence-electron chi connectivity index (χ2n) is 7.10. The minimum atomic E-state index is 0.525. The van der Waals surface area contributed by atoms with Crippen LogP contribution in [0.1, 0.15) is 30.5 Å². The maximum absolute atomic E-state index is 6.13. The molecule has 0 radical (unpaired) electrons. The second kappa shape index (κ2) is 8.68. The van der Waals surface area contributed by atoms with Crippen LogP contribution in [0.25, 0.3) is 11.1 Å². The first-order chi connectivity index (χ1) is 12.7. The average Bonchev–Trinajstić information content (AvgIpc) is 2.67. The van der Waals surface area contributed by atoms with E-state index in [9.17, 15) is 0 Å². The van der Waals surface area contributed by atoms with Gasteiger partial charge in [0.15, 0.2) is 0 Å². The van der Waals surface area contributed by atoms with Crippen LogP contribution in [0.15, 0.2) is 72.8 Å². The van der Waals surface area contributed by atoms with Crippen molar-refractivity contribution >= 4 is 0 Å². The van der Waals surface area contributed by atoms with E-state index in [2.05, 4.69) is 56.3 Å². The number of hydrogen-bond donors (Lipinski definition) is 1. The Balaban J connectivity index is 1.86. The molecule has 3 aromatic carbocycles. The monoisotopic (exact) mass is 345 g/mol. The minimum Gasteiger partial charge on any atom is -0.488 e. The molecule has 0 saturated heterocycles. The van der Waals surface area contributed by atoms with E-state index in [1.54, 1.807) is 0 Å². The van der Waals surface area contributed by atoms with Crippen LogP contribution in [0, 0.1) is 5.92 Å². The summed E-state index contributed by atoms with van der Waals surface area (Å²) in [5.74, 6) is 1.55. The summed E-state index contributed by atoms with van der Waals surface area (Å²) in [6.07, 6.45) is 1.10. The van der Waals surface area contributed by atoms with Gasteiger partial charge in [0.2, 0.25) is 0 Å². The summed E-state index contributed by atoms with van der Waals surface area (Å²) in [6, 6.07) is 25.2. The molecule has 2 nitrogen and oxygen atoms in total. The fourth-order valence-corrected chi connectivity index (χ4v) is 3.08. The Morgan fingerprint density at radius 2 is 1.50 bits per heavy atom. The smallest absolute Gasteiger partial charge is 0.127 e. The zero-order chi connectivity index (χ0) is 18.4. The standard InChI is InChI=1S/C24H27NO/c1-18(2)14-19-8-11-22(12-9-19)23-15-21(16-25)10-13-24(23)26-17-20-6-4-3-5-7-20/h3-13,15,18H,14,16-17,25H2,1-2H3. The van der Waals surface area contributed by atoms with Gasteiger partial charge in [-0.2, -0.15) is 0 Å². The summed E-state index contributed by atoms with van der Waals surface area (Å²) in [5, 5.41) is 0. The first-order valence-electron chi connectivity index (χ1n) is 9.24. The van der Waals surface area contributed by atoms with Crippen molar-refractivity contribution in [2.45, 2.75) is 33.4 Å². The van der Waals surface area contributed by atoms with Crippen molar-refractivity contribution in [2.75, 3.05) is 0 Å². The molecule has 0 amide bonds. The Morgan fingerprint density at radius 1 is 0.808 bits per heavy atom. The van der Waals surface area contributed by atoms with Gasteiger partial charge in [0.05, 0.1) is 0 Å². The number of rotatable bonds is 7. The predicted octanol–water partition coefficient (Wildman–Crippen LogP) is 5.59. The van der Waals surface area contributed by atoms with Crippen molar-refractivity contribution in [3.8, 4) is 16.9 Å².